The number of amides is 1. The van der Waals surface area contributed by atoms with Gasteiger partial charge in [-0.2, -0.15) is 0 Å². The van der Waals surface area contributed by atoms with Gasteiger partial charge in [0.1, 0.15) is 11.4 Å². The second-order valence-electron chi connectivity index (χ2n) is 5.27. The normalized spacial score (nSPS) is 20.3. The van der Waals surface area contributed by atoms with Crippen LogP contribution in [0, 0.1) is 0 Å². The van der Waals surface area contributed by atoms with E-state index in [1.54, 1.807) is 18.2 Å². The monoisotopic (exact) mass is 401 g/mol. The largest absolute Gasteiger partial charge is 0.480 e. The first-order valence-corrected chi connectivity index (χ1v) is 9.78. The lowest BCUT2D eigenvalue weighted by atomic mass is 10.1. The molecule has 1 saturated heterocycles. The average Bonchev–Trinajstić information content (AvgIpc) is 3.18. The van der Waals surface area contributed by atoms with Crippen LogP contribution in [0.4, 0.5) is 0 Å². The molecular formula is C16H13Cl2NO3S2. The number of thioether (sulfide) groups is 1. The van der Waals surface area contributed by atoms with Crippen molar-refractivity contribution in [1.82, 2.24) is 4.90 Å². The van der Waals surface area contributed by atoms with E-state index in [0.29, 0.717) is 15.8 Å². The molecule has 1 aromatic carbocycles. The molecule has 1 fully saturated rings. The van der Waals surface area contributed by atoms with E-state index >= 15 is 0 Å². The van der Waals surface area contributed by atoms with Crippen LogP contribution >= 0.6 is 46.3 Å². The third kappa shape index (κ3) is 3.57. The van der Waals surface area contributed by atoms with Gasteiger partial charge in [0.05, 0.1) is 16.5 Å². The Morgan fingerprint density at radius 1 is 1.25 bits per heavy atom. The molecule has 0 radical (unpaired) electrons. The smallest absolute Gasteiger partial charge is 0.327 e. The number of hydrogen-bond donors (Lipinski definition) is 1. The van der Waals surface area contributed by atoms with E-state index < -0.39 is 12.0 Å². The fourth-order valence-corrected chi connectivity index (χ4v) is 5.01. The molecule has 126 valence electrons. The predicted octanol–water partition coefficient (Wildman–Crippen LogP) is 4.32. The standard InChI is InChI=1S/C16H13Cl2NO3S2/c17-11-4-3-9(6-12(11)18)15-19(13(8-24-15)16(21)22)14(20)7-10-2-1-5-23-10/h1-6,13,15H,7-8H2,(H,21,22). The quantitative estimate of drug-likeness (QED) is 0.828. The van der Waals surface area contributed by atoms with Crippen LogP contribution < -0.4 is 0 Å². The number of hydrogen-bond acceptors (Lipinski definition) is 4. The van der Waals surface area contributed by atoms with E-state index in [9.17, 15) is 14.7 Å². The van der Waals surface area contributed by atoms with Crippen molar-refractivity contribution in [3.8, 4) is 0 Å². The highest BCUT2D eigenvalue weighted by molar-refractivity contribution is 7.99. The number of aliphatic carboxylic acids is 1. The Morgan fingerprint density at radius 3 is 2.67 bits per heavy atom. The third-order valence-electron chi connectivity index (χ3n) is 3.71. The second-order valence-corrected chi connectivity index (χ2v) is 8.23. The van der Waals surface area contributed by atoms with Gasteiger partial charge in [0.2, 0.25) is 5.91 Å². The Morgan fingerprint density at radius 2 is 2.04 bits per heavy atom. The number of carbonyl (C=O) groups is 2. The van der Waals surface area contributed by atoms with E-state index in [1.807, 2.05) is 17.5 Å². The van der Waals surface area contributed by atoms with Crippen LogP contribution in [0.5, 0.6) is 0 Å². The fraction of sp³-hybridized carbons (Fsp3) is 0.250. The summed E-state index contributed by atoms with van der Waals surface area (Å²) in [5, 5.41) is 11.8. The van der Waals surface area contributed by atoms with E-state index in [-0.39, 0.29) is 17.7 Å². The van der Waals surface area contributed by atoms with Crippen molar-refractivity contribution in [2.24, 2.45) is 0 Å². The van der Waals surface area contributed by atoms with E-state index in [4.69, 9.17) is 23.2 Å². The van der Waals surface area contributed by atoms with Crippen LogP contribution in [-0.2, 0) is 16.0 Å². The maximum atomic E-state index is 12.8. The highest BCUT2D eigenvalue weighted by Crippen LogP contribution is 2.43. The number of nitrogens with zero attached hydrogens (tertiary/aromatic N) is 1. The van der Waals surface area contributed by atoms with Crippen LogP contribution in [0.1, 0.15) is 15.8 Å². The number of rotatable bonds is 4. The fourth-order valence-electron chi connectivity index (χ4n) is 2.58. The van der Waals surface area contributed by atoms with Gasteiger partial charge in [-0.05, 0) is 29.1 Å². The average molecular weight is 402 g/mol. The van der Waals surface area contributed by atoms with Crippen molar-refractivity contribution in [1.29, 1.82) is 0 Å². The van der Waals surface area contributed by atoms with E-state index in [1.165, 1.54) is 28.0 Å². The van der Waals surface area contributed by atoms with Gasteiger partial charge in [-0.25, -0.2) is 4.79 Å². The molecule has 0 bridgehead atoms. The molecule has 3 rings (SSSR count). The molecule has 0 aliphatic carbocycles. The molecule has 4 nitrogen and oxygen atoms in total. The Hall–Kier alpha value is -1.21. The van der Waals surface area contributed by atoms with Crippen LogP contribution in [0.15, 0.2) is 35.7 Å². The number of thiophene rings is 1. The summed E-state index contributed by atoms with van der Waals surface area (Å²) >= 11 is 14.9. The Labute approximate surface area is 157 Å². The lowest BCUT2D eigenvalue weighted by molar-refractivity contribution is -0.148. The summed E-state index contributed by atoms with van der Waals surface area (Å²) < 4.78 is 0. The summed E-state index contributed by atoms with van der Waals surface area (Å²) in [6.45, 7) is 0. The lowest BCUT2D eigenvalue weighted by Crippen LogP contribution is -2.43. The van der Waals surface area contributed by atoms with Gasteiger partial charge in [-0.3, -0.25) is 4.79 Å². The molecule has 1 aliphatic rings. The van der Waals surface area contributed by atoms with Gasteiger partial charge in [-0.15, -0.1) is 23.1 Å². The third-order valence-corrected chi connectivity index (χ3v) is 6.65. The SMILES string of the molecule is O=C(O)C1CSC(c2ccc(Cl)c(Cl)c2)N1C(=O)Cc1cccs1. The van der Waals surface area contributed by atoms with Gasteiger partial charge in [0, 0.05) is 10.6 Å². The van der Waals surface area contributed by atoms with Gasteiger partial charge in [0.15, 0.2) is 0 Å². The first-order valence-electron chi connectivity index (χ1n) is 7.10. The Kier molecular flexibility index (Phi) is 5.39. The Bertz CT molecular complexity index is 767. The summed E-state index contributed by atoms with van der Waals surface area (Å²) in [6, 6.07) is 8.03. The van der Waals surface area contributed by atoms with Crippen molar-refractivity contribution in [2.75, 3.05) is 5.75 Å². The number of benzene rings is 1. The number of carboxylic acids is 1. The molecule has 2 aromatic rings. The van der Waals surface area contributed by atoms with Crippen LogP contribution in [-0.4, -0.2) is 33.7 Å². The van der Waals surface area contributed by atoms with Crippen molar-refractivity contribution < 1.29 is 14.7 Å². The molecule has 2 unspecified atom stereocenters. The maximum absolute atomic E-state index is 12.8. The summed E-state index contributed by atoms with van der Waals surface area (Å²) in [5.41, 5.74) is 0.776. The van der Waals surface area contributed by atoms with Gasteiger partial charge >= 0.3 is 5.97 Å². The van der Waals surface area contributed by atoms with Crippen molar-refractivity contribution in [2.45, 2.75) is 17.8 Å². The summed E-state index contributed by atoms with van der Waals surface area (Å²) in [5.74, 6) is -0.855. The van der Waals surface area contributed by atoms with Crippen molar-refractivity contribution in [3.05, 3.63) is 56.2 Å². The van der Waals surface area contributed by atoms with Crippen LogP contribution in [0.2, 0.25) is 10.0 Å². The molecule has 1 aliphatic heterocycles. The zero-order valence-electron chi connectivity index (χ0n) is 12.3. The van der Waals surface area contributed by atoms with Gasteiger partial charge in [-0.1, -0.05) is 35.3 Å². The van der Waals surface area contributed by atoms with Gasteiger partial charge < -0.3 is 10.0 Å². The van der Waals surface area contributed by atoms with E-state index in [2.05, 4.69) is 0 Å². The minimum atomic E-state index is -0.996. The molecule has 0 saturated carbocycles. The first kappa shape index (κ1) is 17.6. The summed E-state index contributed by atoms with van der Waals surface area (Å²) in [6.07, 6.45) is 0.194. The molecule has 0 spiro atoms. The molecular weight excluding hydrogens is 389 g/mol. The molecule has 1 N–H and O–H groups in total. The summed E-state index contributed by atoms with van der Waals surface area (Å²) in [4.78, 5) is 26.7. The van der Waals surface area contributed by atoms with Gasteiger partial charge in [0.25, 0.3) is 0 Å². The zero-order valence-corrected chi connectivity index (χ0v) is 15.5. The topological polar surface area (TPSA) is 57.6 Å². The Balaban J connectivity index is 1.90. The minimum absolute atomic E-state index is 0.194. The zero-order chi connectivity index (χ0) is 17.3. The van der Waals surface area contributed by atoms with Crippen molar-refractivity contribution >= 4 is 58.2 Å². The molecule has 2 heterocycles. The maximum Gasteiger partial charge on any atom is 0.327 e. The van der Waals surface area contributed by atoms with E-state index in [0.717, 1.165) is 10.4 Å². The molecule has 1 aromatic heterocycles. The first-order chi connectivity index (χ1) is 11.5. The lowest BCUT2D eigenvalue weighted by Gasteiger charge is -2.27. The van der Waals surface area contributed by atoms with Crippen molar-refractivity contribution in [3.63, 3.8) is 0 Å². The molecule has 1 amide bonds. The molecule has 2 atom stereocenters. The molecule has 8 heteroatoms. The summed E-state index contributed by atoms with van der Waals surface area (Å²) in [7, 11) is 0. The highest BCUT2D eigenvalue weighted by Gasteiger charge is 2.42. The highest BCUT2D eigenvalue weighted by atomic mass is 35.5. The molecule has 24 heavy (non-hydrogen) atoms. The minimum Gasteiger partial charge on any atom is -0.480 e. The second kappa shape index (κ2) is 7.35. The number of carbonyl (C=O) groups excluding carboxylic acids is 1. The number of halogens is 2. The number of carboxylic acid groups (broad SMARTS) is 1. The van der Waals surface area contributed by atoms with Crippen LogP contribution in [0.25, 0.3) is 0 Å². The van der Waals surface area contributed by atoms with Crippen LogP contribution in [0.3, 0.4) is 0 Å². The predicted molar refractivity (Wildman–Crippen MR) is 98.0 cm³/mol.